The fraction of sp³-hybridized carbons (Fsp3) is 0. The Kier molecular flexibility index (Phi) is 16.4. The maximum absolute atomic E-state index is 4.78. The molecule has 0 spiro atoms. The Morgan fingerprint density at radius 3 is 1.80 bits per heavy atom. The molecular formula is C4H5Nd-. The zero-order valence-electron chi connectivity index (χ0n) is 2.94. The summed E-state index contributed by atoms with van der Waals surface area (Å²) in [6.07, 6.45) is 2.92. The van der Waals surface area contributed by atoms with Crippen molar-refractivity contribution < 1.29 is 40.8 Å². The van der Waals surface area contributed by atoms with Gasteiger partial charge in [-0.25, -0.2) is 12.2 Å². The van der Waals surface area contributed by atoms with Crippen molar-refractivity contribution in [1.82, 2.24) is 0 Å². The van der Waals surface area contributed by atoms with Gasteiger partial charge in [0.1, 0.15) is 0 Å². The summed E-state index contributed by atoms with van der Waals surface area (Å²) in [6.45, 7) is 8.08. The predicted molar refractivity (Wildman–Crippen MR) is 19.1 cm³/mol. The molecule has 0 aliphatic heterocycles. The van der Waals surface area contributed by atoms with Crippen molar-refractivity contribution in [3.63, 3.8) is 0 Å². The molecule has 0 nitrogen and oxygen atoms in total. The topological polar surface area (TPSA) is 0 Å². The van der Waals surface area contributed by atoms with Crippen LogP contribution in [0, 0.1) is 47.4 Å². The molecule has 0 N–H and O–H groups in total. The van der Waals surface area contributed by atoms with E-state index in [0.717, 1.165) is 0 Å². The second-order valence-electron chi connectivity index (χ2n) is 0.428. The van der Waals surface area contributed by atoms with Crippen LogP contribution in [-0.2, 0) is 0 Å². The van der Waals surface area contributed by atoms with E-state index in [4.69, 9.17) is 6.58 Å². The summed E-state index contributed by atoms with van der Waals surface area (Å²) in [5, 5.41) is 0. The summed E-state index contributed by atoms with van der Waals surface area (Å²) < 4.78 is 0. The van der Waals surface area contributed by atoms with Gasteiger partial charge in [0.15, 0.2) is 0 Å². The van der Waals surface area contributed by atoms with Crippen LogP contribution in [0.2, 0.25) is 0 Å². The molecule has 1 heteroatoms. The summed E-state index contributed by atoms with van der Waals surface area (Å²) in [5.41, 5.74) is 0. The minimum Gasteiger partial charge on any atom is -0.293 e. The molecule has 0 heterocycles. The van der Waals surface area contributed by atoms with E-state index in [1.165, 1.54) is 12.2 Å². The molecule has 0 radical (unpaired) electrons. The van der Waals surface area contributed by atoms with E-state index in [1.807, 2.05) is 0 Å². The summed E-state index contributed by atoms with van der Waals surface area (Å²) in [6, 6.07) is 0. The van der Waals surface area contributed by atoms with Crippen LogP contribution >= 0.6 is 0 Å². The maximum Gasteiger partial charge on any atom is 0 e. The zero-order chi connectivity index (χ0) is 3.41. The van der Waals surface area contributed by atoms with Crippen LogP contribution < -0.4 is 0 Å². The van der Waals surface area contributed by atoms with E-state index in [-0.39, 0.29) is 40.8 Å². The normalized spacial score (nSPS) is 4.00. The van der Waals surface area contributed by atoms with Gasteiger partial charge in [-0.15, -0.1) is 0 Å². The third-order valence-electron chi connectivity index (χ3n) is 0.136. The number of allylic oxidation sites excluding steroid dienone is 2. The van der Waals surface area contributed by atoms with Crippen LogP contribution in [0.4, 0.5) is 0 Å². The van der Waals surface area contributed by atoms with E-state index in [1.54, 1.807) is 0 Å². The van der Waals surface area contributed by atoms with Gasteiger partial charge in [-0.1, -0.05) is 0 Å². The Bertz CT molecular complexity index is 24.6. The van der Waals surface area contributed by atoms with Crippen LogP contribution in [0.15, 0.2) is 18.7 Å². The fourth-order valence-corrected chi connectivity index (χ4v) is 0. The van der Waals surface area contributed by atoms with E-state index >= 15 is 0 Å². The SMILES string of the molecule is [CH-]=CC=C.[Nd]. The number of rotatable bonds is 1. The quantitative estimate of drug-likeness (QED) is 0.437. The molecular weight excluding hydrogens is 192 g/mol. The van der Waals surface area contributed by atoms with Gasteiger partial charge in [0, 0.05) is 40.8 Å². The summed E-state index contributed by atoms with van der Waals surface area (Å²) in [7, 11) is 0. The van der Waals surface area contributed by atoms with Gasteiger partial charge in [-0.3, -0.25) is 6.58 Å². The van der Waals surface area contributed by atoms with Crippen LogP contribution in [0.25, 0.3) is 0 Å². The summed E-state index contributed by atoms with van der Waals surface area (Å²) in [5.74, 6) is 0. The van der Waals surface area contributed by atoms with Gasteiger partial charge in [-0.05, 0) is 0 Å². The molecule has 0 aromatic rings. The molecule has 26 valence electrons. The molecule has 0 rings (SSSR count). The van der Waals surface area contributed by atoms with Gasteiger partial charge in [-0.2, -0.15) is 6.58 Å². The first-order chi connectivity index (χ1) is 1.91. The molecule has 0 saturated carbocycles. The van der Waals surface area contributed by atoms with Gasteiger partial charge in [0.25, 0.3) is 0 Å². The molecule has 0 fully saturated rings. The molecule has 5 heavy (non-hydrogen) atoms. The van der Waals surface area contributed by atoms with Gasteiger partial charge >= 0.3 is 0 Å². The van der Waals surface area contributed by atoms with Crippen molar-refractivity contribution in [2.24, 2.45) is 0 Å². The first-order valence-corrected chi connectivity index (χ1v) is 1.07. The third-order valence-corrected chi connectivity index (χ3v) is 0.136. The molecule has 0 amide bonds. The average Bonchev–Trinajstić information content (AvgIpc) is 1.37. The molecule has 0 aromatic carbocycles. The van der Waals surface area contributed by atoms with Crippen LogP contribution in [0.5, 0.6) is 0 Å². The molecule has 0 unspecified atom stereocenters. The number of hydrogen-bond acceptors (Lipinski definition) is 0. The van der Waals surface area contributed by atoms with Gasteiger partial charge in [0.2, 0.25) is 0 Å². The smallest absolute Gasteiger partial charge is 0 e. The molecule has 0 aliphatic carbocycles. The standard InChI is InChI=1S/C4H5.Nd/c1-3-4-2;/h1,3-4H,2H2;/q-1;. The maximum atomic E-state index is 4.78. The van der Waals surface area contributed by atoms with Gasteiger partial charge < -0.3 is 0 Å². The molecule has 0 aromatic heterocycles. The van der Waals surface area contributed by atoms with Crippen LogP contribution in [-0.4, -0.2) is 0 Å². The van der Waals surface area contributed by atoms with Crippen LogP contribution in [0.3, 0.4) is 0 Å². The van der Waals surface area contributed by atoms with E-state index < -0.39 is 0 Å². The predicted octanol–water partition coefficient (Wildman–Crippen LogP) is 1.16. The average molecular weight is 197 g/mol. The second-order valence-corrected chi connectivity index (χ2v) is 0.428. The van der Waals surface area contributed by atoms with Crippen LogP contribution in [0.1, 0.15) is 0 Å². The summed E-state index contributed by atoms with van der Waals surface area (Å²) >= 11 is 0. The Labute approximate surface area is 65.5 Å². The number of hydrogen-bond donors (Lipinski definition) is 0. The molecule has 0 atom stereocenters. The van der Waals surface area contributed by atoms with Crippen molar-refractivity contribution in [2.45, 2.75) is 0 Å². The first kappa shape index (κ1) is 9.27. The van der Waals surface area contributed by atoms with Crippen molar-refractivity contribution in [1.29, 1.82) is 0 Å². The second kappa shape index (κ2) is 8.85. The molecule has 0 saturated heterocycles. The fourth-order valence-electron chi connectivity index (χ4n) is 0. The van der Waals surface area contributed by atoms with Crippen molar-refractivity contribution in [3.05, 3.63) is 25.3 Å². The minimum atomic E-state index is 0. The largest absolute Gasteiger partial charge is 0.293 e. The third kappa shape index (κ3) is 11.5. The molecule has 0 aliphatic rings. The Balaban J connectivity index is 0. The van der Waals surface area contributed by atoms with E-state index in [9.17, 15) is 0 Å². The Morgan fingerprint density at radius 1 is 1.60 bits per heavy atom. The zero-order valence-corrected chi connectivity index (χ0v) is 6.15. The van der Waals surface area contributed by atoms with Crippen molar-refractivity contribution in [3.8, 4) is 0 Å². The monoisotopic (exact) mass is 195 g/mol. The Morgan fingerprint density at radius 2 is 1.80 bits per heavy atom. The molecule has 0 bridgehead atoms. The first-order valence-electron chi connectivity index (χ1n) is 1.07. The Hall–Kier alpha value is 0.831. The van der Waals surface area contributed by atoms with E-state index in [2.05, 4.69) is 6.58 Å². The minimum absolute atomic E-state index is 0. The van der Waals surface area contributed by atoms with E-state index in [0.29, 0.717) is 0 Å². The van der Waals surface area contributed by atoms with Crippen molar-refractivity contribution in [2.75, 3.05) is 0 Å². The summed E-state index contributed by atoms with van der Waals surface area (Å²) in [4.78, 5) is 0. The van der Waals surface area contributed by atoms with Crippen molar-refractivity contribution >= 4 is 0 Å². The van der Waals surface area contributed by atoms with Gasteiger partial charge in [0.05, 0.1) is 0 Å².